The van der Waals surface area contributed by atoms with Crippen molar-refractivity contribution in [3.8, 4) is 0 Å². The summed E-state index contributed by atoms with van der Waals surface area (Å²) in [6.07, 6.45) is 4.71. The van der Waals surface area contributed by atoms with Gasteiger partial charge in [0.1, 0.15) is 5.82 Å². The number of rotatable bonds is 3. The van der Waals surface area contributed by atoms with Gasteiger partial charge in [0.05, 0.1) is 22.2 Å². The number of carbonyl (C=O) groups is 1. The first-order chi connectivity index (χ1) is 14.3. The van der Waals surface area contributed by atoms with Crippen LogP contribution in [0.25, 0.3) is 10.9 Å². The lowest BCUT2D eigenvalue weighted by Gasteiger charge is -2.32. The van der Waals surface area contributed by atoms with Gasteiger partial charge < -0.3 is 14.8 Å². The van der Waals surface area contributed by atoms with Crippen LogP contribution in [0.5, 0.6) is 0 Å². The minimum absolute atomic E-state index is 0.0404. The number of amides is 1. The number of carbonyl (C=O) groups excluding carboxylic acids is 1. The Labute approximate surface area is 174 Å². The number of aromatic amines is 1. The maximum absolute atomic E-state index is 12.9. The van der Waals surface area contributed by atoms with Gasteiger partial charge in [0.15, 0.2) is 0 Å². The molecule has 156 valence electrons. The van der Waals surface area contributed by atoms with E-state index in [4.69, 9.17) is 0 Å². The Morgan fingerprint density at radius 1 is 1.13 bits per heavy atom. The number of pyridine rings is 1. The van der Waals surface area contributed by atoms with E-state index in [2.05, 4.69) is 24.9 Å². The number of fused-ring (bicyclic) bond motifs is 1. The van der Waals surface area contributed by atoms with E-state index < -0.39 is 0 Å². The molecule has 0 saturated carbocycles. The third-order valence-corrected chi connectivity index (χ3v) is 5.55. The molecule has 9 nitrogen and oxygen atoms in total. The quantitative estimate of drug-likeness (QED) is 0.705. The number of aromatic nitrogens is 5. The molecule has 3 aromatic rings. The van der Waals surface area contributed by atoms with Gasteiger partial charge in [-0.1, -0.05) is 0 Å². The Hall–Kier alpha value is -3.36. The SMILES string of the molecule is Cc1ncc(C(=O)N2CCC(c3cc4nc(N(C)C)ncc4c(=O)[nH]3)CC2)c(C)n1. The minimum Gasteiger partial charge on any atom is -0.347 e. The Balaban J connectivity index is 1.53. The van der Waals surface area contributed by atoms with Crippen LogP contribution in [0.1, 0.15) is 46.3 Å². The first-order valence-corrected chi connectivity index (χ1v) is 10.0. The Morgan fingerprint density at radius 3 is 2.53 bits per heavy atom. The van der Waals surface area contributed by atoms with E-state index >= 15 is 0 Å². The zero-order valence-corrected chi connectivity index (χ0v) is 17.6. The standard InChI is InChI=1S/C21H25N7O2/c1-12-15(10-22-13(2)24-12)20(30)28-7-5-14(6-8-28)17-9-18-16(19(29)25-17)11-23-21(26-18)27(3)4/h9-11,14H,5-8H2,1-4H3,(H,25,29). The lowest BCUT2D eigenvalue weighted by atomic mass is 9.92. The second kappa shape index (κ2) is 7.81. The predicted octanol–water partition coefficient (Wildman–Crippen LogP) is 1.81. The summed E-state index contributed by atoms with van der Waals surface area (Å²) >= 11 is 0. The van der Waals surface area contributed by atoms with Crippen molar-refractivity contribution in [2.75, 3.05) is 32.1 Å². The molecular formula is C21H25N7O2. The number of hydrogen-bond donors (Lipinski definition) is 1. The van der Waals surface area contributed by atoms with E-state index in [0.717, 1.165) is 18.5 Å². The van der Waals surface area contributed by atoms with Crippen molar-refractivity contribution in [3.05, 3.63) is 51.6 Å². The van der Waals surface area contributed by atoms with Gasteiger partial charge in [-0.2, -0.15) is 0 Å². The van der Waals surface area contributed by atoms with Crippen LogP contribution in [-0.2, 0) is 0 Å². The van der Waals surface area contributed by atoms with Crippen LogP contribution >= 0.6 is 0 Å². The number of nitrogens with one attached hydrogen (secondary N) is 1. The molecule has 30 heavy (non-hydrogen) atoms. The normalized spacial score (nSPS) is 14.9. The summed E-state index contributed by atoms with van der Waals surface area (Å²) in [4.78, 5) is 49.2. The van der Waals surface area contributed by atoms with Gasteiger partial charge >= 0.3 is 0 Å². The predicted molar refractivity (Wildman–Crippen MR) is 114 cm³/mol. The average molecular weight is 407 g/mol. The fourth-order valence-electron chi connectivity index (χ4n) is 3.84. The van der Waals surface area contributed by atoms with E-state index in [-0.39, 0.29) is 17.4 Å². The molecule has 0 atom stereocenters. The van der Waals surface area contributed by atoms with Gasteiger partial charge in [0, 0.05) is 51.2 Å². The van der Waals surface area contributed by atoms with E-state index in [9.17, 15) is 9.59 Å². The molecule has 0 unspecified atom stereocenters. The molecule has 4 rings (SSSR count). The van der Waals surface area contributed by atoms with Crippen LogP contribution in [0.3, 0.4) is 0 Å². The molecule has 1 amide bonds. The molecule has 3 aromatic heterocycles. The molecular weight excluding hydrogens is 382 g/mol. The lowest BCUT2D eigenvalue weighted by molar-refractivity contribution is 0.0710. The van der Waals surface area contributed by atoms with Crippen LogP contribution in [-0.4, -0.2) is 62.9 Å². The van der Waals surface area contributed by atoms with E-state index in [1.54, 1.807) is 17.3 Å². The van der Waals surface area contributed by atoms with Crippen molar-refractivity contribution in [3.63, 3.8) is 0 Å². The maximum Gasteiger partial charge on any atom is 0.259 e. The van der Waals surface area contributed by atoms with Crippen molar-refractivity contribution in [1.82, 2.24) is 29.8 Å². The molecule has 1 saturated heterocycles. The Kier molecular flexibility index (Phi) is 5.19. The zero-order chi connectivity index (χ0) is 21.4. The highest BCUT2D eigenvalue weighted by Gasteiger charge is 2.27. The topological polar surface area (TPSA) is 108 Å². The number of aryl methyl sites for hydroxylation is 2. The fraction of sp³-hybridized carbons (Fsp3) is 0.429. The molecule has 1 N–H and O–H groups in total. The van der Waals surface area contributed by atoms with Crippen molar-refractivity contribution < 1.29 is 4.79 Å². The number of hydrogen-bond acceptors (Lipinski definition) is 7. The maximum atomic E-state index is 12.9. The first-order valence-electron chi connectivity index (χ1n) is 10.0. The number of nitrogens with zero attached hydrogens (tertiary/aromatic N) is 6. The lowest BCUT2D eigenvalue weighted by Crippen LogP contribution is -2.38. The molecule has 9 heteroatoms. The van der Waals surface area contributed by atoms with E-state index in [0.29, 0.717) is 47.0 Å². The second-order valence-corrected chi connectivity index (χ2v) is 7.90. The number of piperidine rings is 1. The number of anilines is 1. The third-order valence-electron chi connectivity index (χ3n) is 5.55. The van der Waals surface area contributed by atoms with Crippen LogP contribution in [0.4, 0.5) is 5.95 Å². The summed E-state index contributed by atoms with van der Waals surface area (Å²) in [7, 11) is 3.73. The Morgan fingerprint density at radius 2 is 1.87 bits per heavy atom. The van der Waals surface area contributed by atoms with Crippen LogP contribution in [0.15, 0.2) is 23.3 Å². The van der Waals surface area contributed by atoms with Crippen LogP contribution in [0.2, 0.25) is 0 Å². The molecule has 1 fully saturated rings. The van der Waals surface area contributed by atoms with Gasteiger partial charge in [0.25, 0.3) is 11.5 Å². The molecule has 1 aliphatic heterocycles. The number of H-pyrrole nitrogens is 1. The highest BCUT2D eigenvalue weighted by Crippen LogP contribution is 2.28. The average Bonchev–Trinajstić information content (AvgIpc) is 2.73. The van der Waals surface area contributed by atoms with Crippen molar-refractivity contribution >= 4 is 22.8 Å². The molecule has 4 heterocycles. The monoisotopic (exact) mass is 407 g/mol. The smallest absolute Gasteiger partial charge is 0.259 e. The zero-order valence-electron chi connectivity index (χ0n) is 17.6. The van der Waals surface area contributed by atoms with E-state index in [1.807, 2.05) is 38.9 Å². The molecule has 1 aliphatic rings. The second-order valence-electron chi connectivity index (χ2n) is 7.90. The van der Waals surface area contributed by atoms with Gasteiger partial charge in [-0.15, -0.1) is 0 Å². The van der Waals surface area contributed by atoms with Gasteiger partial charge in [0.2, 0.25) is 5.95 Å². The van der Waals surface area contributed by atoms with Crippen LogP contribution < -0.4 is 10.5 Å². The fourth-order valence-corrected chi connectivity index (χ4v) is 3.84. The Bertz CT molecular complexity index is 1160. The summed E-state index contributed by atoms with van der Waals surface area (Å²) in [6, 6.07) is 1.94. The summed E-state index contributed by atoms with van der Waals surface area (Å²) < 4.78 is 0. The number of likely N-dealkylation sites (tertiary alicyclic amines) is 1. The molecule has 0 aromatic carbocycles. The molecule has 0 bridgehead atoms. The summed E-state index contributed by atoms with van der Waals surface area (Å²) in [5.74, 6) is 1.35. The summed E-state index contributed by atoms with van der Waals surface area (Å²) in [5.41, 5.74) is 2.56. The highest BCUT2D eigenvalue weighted by atomic mass is 16.2. The minimum atomic E-state index is -0.182. The van der Waals surface area contributed by atoms with Crippen LogP contribution in [0, 0.1) is 13.8 Å². The van der Waals surface area contributed by atoms with Crippen molar-refractivity contribution in [1.29, 1.82) is 0 Å². The summed E-state index contributed by atoms with van der Waals surface area (Å²) in [5, 5.41) is 0.479. The van der Waals surface area contributed by atoms with Gasteiger partial charge in [-0.05, 0) is 32.8 Å². The van der Waals surface area contributed by atoms with Gasteiger partial charge in [-0.3, -0.25) is 9.59 Å². The van der Waals surface area contributed by atoms with E-state index in [1.165, 1.54) is 0 Å². The highest BCUT2D eigenvalue weighted by molar-refractivity contribution is 5.95. The summed E-state index contributed by atoms with van der Waals surface area (Å²) in [6.45, 7) is 4.87. The van der Waals surface area contributed by atoms with Gasteiger partial charge in [-0.25, -0.2) is 19.9 Å². The van der Waals surface area contributed by atoms with Crippen molar-refractivity contribution in [2.24, 2.45) is 0 Å². The molecule has 0 radical (unpaired) electrons. The van der Waals surface area contributed by atoms with Crippen molar-refractivity contribution in [2.45, 2.75) is 32.6 Å². The molecule has 0 aliphatic carbocycles. The largest absolute Gasteiger partial charge is 0.347 e. The third kappa shape index (κ3) is 3.74. The molecule has 0 spiro atoms. The first kappa shape index (κ1) is 19.9.